The fourth-order valence-electron chi connectivity index (χ4n) is 3.02. The van der Waals surface area contributed by atoms with Crippen LogP contribution in [-0.4, -0.2) is 33.1 Å². The number of carbonyl (C=O) groups is 2. The molecule has 0 aromatic heterocycles. The Bertz CT molecular complexity index is 967. The molecule has 2 aromatic carbocycles. The maximum atomic E-state index is 12.9. The zero-order valence-corrected chi connectivity index (χ0v) is 16.4. The predicted molar refractivity (Wildman–Crippen MR) is 106 cm³/mol. The molecule has 8 nitrogen and oxygen atoms in total. The smallest absolute Gasteiger partial charge is 0.240 e. The van der Waals surface area contributed by atoms with Crippen molar-refractivity contribution in [3.63, 3.8) is 0 Å². The summed E-state index contributed by atoms with van der Waals surface area (Å²) in [6.45, 7) is 0. The largest absolute Gasteiger partial charge is 0.493 e. The number of ether oxygens (including phenoxy) is 3. The summed E-state index contributed by atoms with van der Waals surface area (Å²) < 4.78 is 15.8. The highest BCUT2D eigenvalue weighted by Gasteiger charge is 2.56. The summed E-state index contributed by atoms with van der Waals surface area (Å²) in [4.78, 5) is 25.7. The second-order valence-electron chi connectivity index (χ2n) is 6.56. The summed E-state index contributed by atoms with van der Waals surface area (Å²) in [6, 6.07) is 11.9. The predicted octanol–water partition coefficient (Wildman–Crippen LogP) is 2.94. The van der Waals surface area contributed by atoms with Gasteiger partial charge in [-0.3, -0.25) is 9.59 Å². The number of carbonyl (C=O) groups excluding carboxylic acids is 2. The van der Waals surface area contributed by atoms with Gasteiger partial charge >= 0.3 is 0 Å². The van der Waals surface area contributed by atoms with E-state index in [1.54, 1.807) is 36.4 Å². The fourth-order valence-corrected chi connectivity index (χ4v) is 3.02. The Morgan fingerprint density at radius 2 is 1.55 bits per heavy atom. The monoisotopic (exact) mass is 395 g/mol. The van der Waals surface area contributed by atoms with Crippen molar-refractivity contribution in [3.8, 4) is 23.3 Å². The molecule has 2 aromatic rings. The molecule has 0 heterocycles. The average Bonchev–Trinajstić information content (AvgIpc) is 3.55. The number of para-hydroxylation sites is 1. The SMILES string of the molecule is COc1cc(NC(=O)C2(C(=O)Nc3ccccc3C#N)CC2)cc(OC)c1OC. The average molecular weight is 395 g/mol. The summed E-state index contributed by atoms with van der Waals surface area (Å²) in [5, 5.41) is 14.6. The van der Waals surface area contributed by atoms with Gasteiger partial charge in [0.05, 0.1) is 32.6 Å². The van der Waals surface area contributed by atoms with Crippen LogP contribution in [0.2, 0.25) is 0 Å². The molecule has 0 saturated heterocycles. The third kappa shape index (κ3) is 3.80. The lowest BCUT2D eigenvalue weighted by Gasteiger charge is -2.18. The molecule has 0 radical (unpaired) electrons. The maximum absolute atomic E-state index is 12.9. The molecule has 0 bridgehead atoms. The molecule has 1 saturated carbocycles. The van der Waals surface area contributed by atoms with Gasteiger partial charge in [-0.2, -0.15) is 5.26 Å². The Hall–Kier alpha value is -3.73. The second kappa shape index (κ2) is 8.10. The van der Waals surface area contributed by atoms with E-state index in [-0.39, 0.29) is 0 Å². The van der Waals surface area contributed by atoms with Crippen molar-refractivity contribution in [2.45, 2.75) is 12.8 Å². The molecule has 1 aliphatic carbocycles. The number of hydrogen-bond donors (Lipinski definition) is 2. The number of benzene rings is 2. The van der Waals surface area contributed by atoms with Gasteiger partial charge in [0.2, 0.25) is 17.6 Å². The van der Waals surface area contributed by atoms with Crippen molar-refractivity contribution in [1.82, 2.24) is 0 Å². The van der Waals surface area contributed by atoms with Gasteiger partial charge in [-0.05, 0) is 25.0 Å². The maximum Gasteiger partial charge on any atom is 0.240 e. The van der Waals surface area contributed by atoms with Gasteiger partial charge in [0.1, 0.15) is 11.5 Å². The molecule has 0 unspecified atom stereocenters. The van der Waals surface area contributed by atoms with Crippen LogP contribution in [0.4, 0.5) is 11.4 Å². The molecule has 29 heavy (non-hydrogen) atoms. The summed E-state index contributed by atoms with van der Waals surface area (Å²) in [7, 11) is 4.44. The molecular formula is C21H21N3O5. The first-order valence-corrected chi connectivity index (χ1v) is 8.91. The highest BCUT2D eigenvalue weighted by atomic mass is 16.5. The number of anilines is 2. The molecule has 1 fully saturated rings. The molecule has 3 rings (SSSR count). The first-order chi connectivity index (χ1) is 14.0. The first-order valence-electron chi connectivity index (χ1n) is 8.91. The van der Waals surface area contributed by atoms with Crippen LogP contribution in [0.3, 0.4) is 0 Å². The van der Waals surface area contributed by atoms with Crippen LogP contribution in [0.25, 0.3) is 0 Å². The van der Waals surface area contributed by atoms with Crippen molar-refractivity contribution in [3.05, 3.63) is 42.0 Å². The Kier molecular flexibility index (Phi) is 5.59. The van der Waals surface area contributed by atoms with Crippen molar-refractivity contribution >= 4 is 23.2 Å². The Labute approximate surface area is 168 Å². The van der Waals surface area contributed by atoms with Gasteiger partial charge in [-0.25, -0.2) is 0 Å². The van der Waals surface area contributed by atoms with Crippen molar-refractivity contribution in [2.75, 3.05) is 32.0 Å². The van der Waals surface area contributed by atoms with Gasteiger partial charge in [0.25, 0.3) is 0 Å². The molecule has 2 amide bonds. The van der Waals surface area contributed by atoms with Crippen LogP contribution in [0, 0.1) is 16.7 Å². The van der Waals surface area contributed by atoms with Crippen LogP contribution in [0.15, 0.2) is 36.4 Å². The number of nitrogens with zero attached hydrogens (tertiary/aromatic N) is 1. The van der Waals surface area contributed by atoms with Gasteiger partial charge in [-0.1, -0.05) is 12.1 Å². The topological polar surface area (TPSA) is 110 Å². The van der Waals surface area contributed by atoms with Gasteiger partial charge in [0, 0.05) is 17.8 Å². The van der Waals surface area contributed by atoms with E-state index >= 15 is 0 Å². The standard InChI is InChI=1S/C21H21N3O5/c1-27-16-10-14(11-17(28-2)18(16)29-3)23-19(25)21(8-9-21)20(26)24-15-7-5-4-6-13(15)12-22/h4-7,10-11H,8-9H2,1-3H3,(H,23,25)(H,24,26). The van der Waals surface area contributed by atoms with E-state index in [4.69, 9.17) is 14.2 Å². The number of hydrogen-bond acceptors (Lipinski definition) is 6. The molecular weight excluding hydrogens is 374 g/mol. The van der Waals surface area contributed by atoms with E-state index in [0.717, 1.165) is 0 Å². The van der Waals surface area contributed by atoms with E-state index in [1.807, 2.05) is 6.07 Å². The van der Waals surface area contributed by atoms with Crippen LogP contribution < -0.4 is 24.8 Å². The van der Waals surface area contributed by atoms with Gasteiger partial charge in [-0.15, -0.1) is 0 Å². The summed E-state index contributed by atoms with van der Waals surface area (Å²) in [5.41, 5.74) is -0.0438. The lowest BCUT2D eigenvalue weighted by molar-refractivity contribution is -0.131. The first kappa shape index (κ1) is 20.0. The second-order valence-corrected chi connectivity index (χ2v) is 6.56. The Balaban J connectivity index is 1.80. The molecule has 0 aliphatic heterocycles. The number of nitriles is 1. The minimum absolute atomic E-state index is 0.335. The molecule has 0 spiro atoms. The Morgan fingerprint density at radius 1 is 0.966 bits per heavy atom. The zero-order chi connectivity index (χ0) is 21.0. The molecule has 0 atom stereocenters. The third-order valence-corrected chi connectivity index (χ3v) is 4.84. The minimum Gasteiger partial charge on any atom is -0.493 e. The van der Waals surface area contributed by atoms with Crippen molar-refractivity contribution < 1.29 is 23.8 Å². The highest BCUT2D eigenvalue weighted by molar-refractivity contribution is 6.17. The minimum atomic E-state index is -1.18. The molecule has 1 aliphatic rings. The van der Waals surface area contributed by atoms with Crippen molar-refractivity contribution in [2.24, 2.45) is 5.41 Å². The van der Waals surface area contributed by atoms with Crippen LogP contribution >= 0.6 is 0 Å². The van der Waals surface area contributed by atoms with E-state index in [9.17, 15) is 14.9 Å². The summed E-state index contributed by atoms with van der Waals surface area (Å²) >= 11 is 0. The van der Waals surface area contributed by atoms with Crippen LogP contribution in [0.1, 0.15) is 18.4 Å². The highest BCUT2D eigenvalue weighted by Crippen LogP contribution is 2.48. The van der Waals surface area contributed by atoms with E-state index in [2.05, 4.69) is 10.6 Å². The van der Waals surface area contributed by atoms with E-state index < -0.39 is 17.2 Å². The van der Waals surface area contributed by atoms with E-state index in [1.165, 1.54) is 21.3 Å². The summed E-state index contributed by atoms with van der Waals surface area (Å²) in [6.07, 6.45) is 0.841. The quantitative estimate of drug-likeness (QED) is 0.698. The number of amides is 2. The van der Waals surface area contributed by atoms with Crippen molar-refractivity contribution in [1.29, 1.82) is 5.26 Å². The Morgan fingerprint density at radius 3 is 2.07 bits per heavy atom. The molecule has 8 heteroatoms. The zero-order valence-electron chi connectivity index (χ0n) is 16.4. The lowest BCUT2D eigenvalue weighted by Crippen LogP contribution is -2.35. The molecule has 2 N–H and O–H groups in total. The van der Waals surface area contributed by atoms with Crippen LogP contribution in [-0.2, 0) is 9.59 Å². The number of nitrogens with one attached hydrogen (secondary N) is 2. The third-order valence-electron chi connectivity index (χ3n) is 4.84. The fraction of sp³-hybridized carbons (Fsp3) is 0.286. The van der Waals surface area contributed by atoms with E-state index in [0.29, 0.717) is 47.0 Å². The van der Waals surface area contributed by atoms with Crippen LogP contribution in [0.5, 0.6) is 17.2 Å². The van der Waals surface area contributed by atoms with Gasteiger partial charge < -0.3 is 24.8 Å². The number of methoxy groups -OCH3 is 3. The number of rotatable bonds is 7. The van der Waals surface area contributed by atoms with Gasteiger partial charge in [0.15, 0.2) is 11.5 Å². The molecule has 150 valence electrons. The summed E-state index contributed by atoms with van der Waals surface area (Å²) in [5.74, 6) is 0.308. The lowest BCUT2D eigenvalue weighted by atomic mass is 10.0. The normalized spacial score (nSPS) is 13.6.